The molecule has 0 unspecified atom stereocenters. The van der Waals surface area contributed by atoms with Crippen LogP contribution in [0.1, 0.15) is 29.2 Å². The van der Waals surface area contributed by atoms with Gasteiger partial charge in [-0.05, 0) is 79.4 Å². The average Bonchev–Trinajstić information content (AvgIpc) is 3.00. The summed E-state index contributed by atoms with van der Waals surface area (Å²) in [4.78, 5) is 29.5. The Bertz CT molecular complexity index is 1660. The summed E-state index contributed by atoms with van der Waals surface area (Å²) in [6, 6.07) is 29.5. The fourth-order valence-electron chi connectivity index (χ4n) is 4.81. The average molecular weight is 663 g/mol. The number of hydrogen-bond acceptors (Lipinski definition) is 4. The van der Waals surface area contributed by atoms with E-state index in [-0.39, 0.29) is 23.8 Å². The quantitative estimate of drug-likeness (QED) is 0.201. The number of anilines is 1. The SMILES string of the molecule is CCNC(=O)[C@H](Cc1ccccc1)N(Cc1cccc(Br)c1)C(=O)CN(c1ccc(C)c(C)c1)S(=O)(=O)c1ccccc1. The first-order valence-corrected chi connectivity index (χ1v) is 16.3. The van der Waals surface area contributed by atoms with Crippen molar-refractivity contribution in [3.05, 3.63) is 130 Å². The molecule has 7 nitrogen and oxygen atoms in total. The number of benzene rings is 4. The van der Waals surface area contributed by atoms with Gasteiger partial charge >= 0.3 is 0 Å². The monoisotopic (exact) mass is 661 g/mol. The molecule has 43 heavy (non-hydrogen) atoms. The van der Waals surface area contributed by atoms with Gasteiger partial charge in [-0.15, -0.1) is 0 Å². The summed E-state index contributed by atoms with van der Waals surface area (Å²) >= 11 is 3.50. The number of carbonyl (C=O) groups is 2. The van der Waals surface area contributed by atoms with Gasteiger partial charge in [0.2, 0.25) is 11.8 Å². The molecule has 0 heterocycles. The van der Waals surface area contributed by atoms with Gasteiger partial charge in [-0.3, -0.25) is 13.9 Å². The predicted molar refractivity (Wildman–Crippen MR) is 174 cm³/mol. The van der Waals surface area contributed by atoms with Crippen molar-refractivity contribution in [2.24, 2.45) is 0 Å². The zero-order valence-electron chi connectivity index (χ0n) is 24.5. The van der Waals surface area contributed by atoms with Crippen LogP contribution in [0.2, 0.25) is 0 Å². The second-order valence-electron chi connectivity index (χ2n) is 10.3. The lowest BCUT2D eigenvalue weighted by atomic mass is 10.0. The van der Waals surface area contributed by atoms with Gasteiger partial charge in [0.25, 0.3) is 10.0 Å². The second-order valence-corrected chi connectivity index (χ2v) is 13.1. The zero-order valence-corrected chi connectivity index (χ0v) is 26.9. The number of sulfonamides is 1. The van der Waals surface area contributed by atoms with Gasteiger partial charge < -0.3 is 10.2 Å². The predicted octanol–water partition coefficient (Wildman–Crippen LogP) is 6.04. The fourth-order valence-corrected chi connectivity index (χ4v) is 6.68. The molecule has 0 aliphatic rings. The molecule has 224 valence electrons. The molecular weight excluding hydrogens is 626 g/mol. The normalized spacial score (nSPS) is 11.9. The van der Waals surface area contributed by atoms with Crippen LogP contribution in [0.15, 0.2) is 112 Å². The highest BCUT2D eigenvalue weighted by Crippen LogP contribution is 2.27. The van der Waals surface area contributed by atoms with Crippen molar-refractivity contribution in [2.75, 3.05) is 17.4 Å². The number of amides is 2. The van der Waals surface area contributed by atoms with E-state index in [4.69, 9.17) is 0 Å². The van der Waals surface area contributed by atoms with E-state index in [1.807, 2.05) is 81.4 Å². The molecule has 0 aromatic heterocycles. The van der Waals surface area contributed by atoms with Gasteiger partial charge in [-0.2, -0.15) is 0 Å². The first kappa shape index (κ1) is 32.0. The van der Waals surface area contributed by atoms with Gasteiger partial charge in [-0.25, -0.2) is 8.42 Å². The maximum Gasteiger partial charge on any atom is 0.264 e. The summed E-state index contributed by atoms with van der Waals surface area (Å²) in [5, 5.41) is 2.88. The molecule has 0 aliphatic heterocycles. The van der Waals surface area contributed by atoms with Gasteiger partial charge in [0.05, 0.1) is 10.6 Å². The lowest BCUT2D eigenvalue weighted by Crippen LogP contribution is -2.53. The molecule has 1 atom stereocenters. The van der Waals surface area contributed by atoms with Crippen molar-refractivity contribution < 1.29 is 18.0 Å². The van der Waals surface area contributed by atoms with Crippen LogP contribution in [0.25, 0.3) is 0 Å². The van der Waals surface area contributed by atoms with Crippen molar-refractivity contribution in [3.63, 3.8) is 0 Å². The van der Waals surface area contributed by atoms with E-state index in [0.717, 1.165) is 31.0 Å². The molecule has 0 aliphatic carbocycles. The number of rotatable bonds is 12. The van der Waals surface area contributed by atoms with Gasteiger partial charge in [0.1, 0.15) is 12.6 Å². The highest BCUT2D eigenvalue weighted by atomic mass is 79.9. The maximum absolute atomic E-state index is 14.4. The Labute approximate surface area is 262 Å². The standard InChI is InChI=1S/C34H36BrN3O4S/c1-4-36-34(40)32(22-27-12-7-5-8-13-27)37(23-28-14-11-15-29(35)21-28)33(39)24-38(30-19-18-25(2)26(3)20-30)43(41,42)31-16-9-6-10-17-31/h5-21,32H,4,22-24H2,1-3H3,(H,36,40)/t32-/m0/s1. The minimum Gasteiger partial charge on any atom is -0.355 e. The van der Waals surface area contributed by atoms with Gasteiger partial charge in [0, 0.05) is 24.0 Å². The number of nitrogens with one attached hydrogen (secondary N) is 1. The van der Waals surface area contributed by atoms with Crippen LogP contribution in [0.3, 0.4) is 0 Å². The van der Waals surface area contributed by atoms with E-state index in [1.54, 1.807) is 30.3 Å². The summed E-state index contributed by atoms with van der Waals surface area (Å²) in [6.45, 7) is 5.68. The Balaban J connectivity index is 1.81. The molecule has 0 spiro atoms. The smallest absolute Gasteiger partial charge is 0.264 e. The molecule has 2 amide bonds. The van der Waals surface area contributed by atoms with Crippen molar-refractivity contribution >= 4 is 43.5 Å². The third-order valence-electron chi connectivity index (χ3n) is 7.25. The van der Waals surface area contributed by atoms with E-state index >= 15 is 0 Å². The molecule has 9 heteroatoms. The topological polar surface area (TPSA) is 86.8 Å². The number of nitrogens with zero attached hydrogens (tertiary/aromatic N) is 2. The summed E-state index contributed by atoms with van der Waals surface area (Å²) < 4.78 is 30.1. The van der Waals surface area contributed by atoms with Crippen molar-refractivity contribution in [1.82, 2.24) is 10.2 Å². The number of halogens is 1. The van der Waals surface area contributed by atoms with E-state index in [0.29, 0.717) is 12.2 Å². The zero-order chi connectivity index (χ0) is 31.0. The van der Waals surface area contributed by atoms with E-state index in [9.17, 15) is 18.0 Å². The molecule has 0 radical (unpaired) electrons. The lowest BCUT2D eigenvalue weighted by Gasteiger charge is -2.34. The van der Waals surface area contributed by atoms with Crippen molar-refractivity contribution in [1.29, 1.82) is 0 Å². The molecule has 0 saturated heterocycles. The Morgan fingerprint density at radius 1 is 0.814 bits per heavy atom. The number of likely N-dealkylation sites (N-methyl/N-ethyl adjacent to an activating group) is 1. The first-order chi connectivity index (χ1) is 20.6. The van der Waals surface area contributed by atoms with E-state index in [1.165, 1.54) is 17.0 Å². The van der Waals surface area contributed by atoms with Crippen molar-refractivity contribution in [2.45, 2.75) is 44.7 Å². The van der Waals surface area contributed by atoms with Crippen LogP contribution in [0, 0.1) is 13.8 Å². The van der Waals surface area contributed by atoms with E-state index in [2.05, 4.69) is 21.2 Å². The molecule has 0 fully saturated rings. The van der Waals surface area contributed by atoms with Crippen LogP contribution >= 0.6 is 15.9 Å². The Kier molecular flexibility index (Phi) is 10.8. The fraction of sp³-hybridized carbons (Fsp3) is 0.235. The third-order valence-corrected chi connectivity index (χ3v) is 9.53. The lowest BCUT2D eigenvalue weighted by molar-refractivity contribution is -0.140. The summed E-state index contributed by atoms with van der Waals surface area (Å²) in [7, 11) is -4.13. The number of aryl methyl sites for hydroxylation is 2. The second kappa shape index (κ2) is 14.5. The summed E-state index contributed by atoms with van der Waals surface area (Å²) in [5.41, 5.74) is 3.96. The van der Waals surface area contributed by atoms with Crippen LogP contribution < -0.4 is 9.62 Å². The van der Waals surface area contributed by atoms with Gasteiger partial charge in [0.15, 0.2) is 0 Å². The Morgan fingerprint density at radius 2 is 1.47 bits per heavy atom. The molecule has 4 aromatic carbocycles. The van der Waals surface area contributed by atoms with Crippen LogP contribution in [-0.2, 0) is 32.6 Å². The maximum atomic E-state index is 14.4. The molecule has 1 N–H and O–H groups in total. The molecule has 0 bridgehead atoms. The third kappa shape index (κ3) is 8.12. The summed E-state index contributed by atoms with van der Waals surface area (Å²) in [6.07, 6.45) is 0.265. The van der Waals surface area contributed by atoms with Crippen molar-refractivity contribution in [3.8, 4) is 0 Å². The van der Waals surface area contributed by atoms with Crippen LogP contribution in [0.5, 0.6) is 0 Å². The van der Waals surface area contributed by atoms with Crippen LogP contribution in [-0.4, -0.2) is 44.3 Å². The highest BCUT2D eigenvalue weighted by Gasteiger charge is 2.34. The minimum atomic E-state index is -4.13. The first-order valence-electron chi connectivity index (χ1n) is 14.1. The molecule has 0 saturated carbocycles. The number of hydrogen-bond donors (Lipinski definition) is 1. The van der Waals surface area contributed by atoms with Gasteiger partial charge in [-0.1, -0.05) is 82.7 Å². The Morgan fingerprint density at radius 3 is 2.09 bits per heavy atom. The molecular formula is C34H36BrN3O4S. The largest absolute Gasteiger partial charge is 0.355 e. The minimum absolute atomic E-state index is 0.0733. The molecule has 4 rings (SSSR count). The van der Waals surface area contributed by atoms with E-state index < -0.39 is 28.5 Å². The van der Waals surface area contributed by atoms with Crippen LogP contribution in [0.4, 0.5) is 5.69 Å². The summed E-state index contributed by atoms with van der Waals surface area (Å²) in [5.74, 6) is -0.803. The highest BCUT2D eigenvalue weighted by molar-refractivity contribution is 9.10. The number of carbonyl (C=O) groups excluding carboxylic acids is 2. The molecule has 4 aromatic rings. The Hall–Kier alpha value is -3.95.